The lowest BCUT2D eigenvalue weighted by atomic mass is 9.45. The van der Waals surface area contributed by atoms with Crippen molar-refractivity contribution < 1.29 is 19.4 Å². The van der Waals surface area contributed by atoms with Crippen molar-refractivity contribution >= 4 is 11.9 Å². The van der Waals surface area contributed by atoms with Crippen LogP contribution < -0.4 is 0 Å². The Labute approximate surface area is 212 Å². The van der Waals surface area contributed by atoms with Crippen LogP contribution in [-0.2, 0) is 14.3 Å². The van der Waals surface area contributed by atoms with E-state index >= 15 is 0 Å². The molecule has 0 unspecified atom stereocenters. The summed E-state index contributed by atoms with van der Waals surface area (Å²) >= 11 is 0. The Balaban J connectivity index is 1.58. The number of fused-ring (bicyclic) bond motifs is 2. The van der Waals surface area contributed by atoms with Crippen LogP contribution in [0.15, 0.2) is 36.0 Å². The average Bonchev–Trinajstić information content (AvgIpc) is 3.40. The fraction of sp³-hybridized carbons (Fsp3) is 0.742. The van der Waals surface area contributed by atoms with Crippen LogP contribution in [0.5, 0.6) is 0 Å². The van der Waals surface area contributed by atoms with Gasteiger partial charge in [-0.05, 0) is 105 Å². The molecular formula is C31H46O4. The topological polar surface area (TPSA) is 63.6 Å². The van der Waals surface area contributed by atoms with Crippen LogP contribution >= 0.6 is 0 Å². The van der Waals surface area contributed by atoms with E-state index in [-0.39, 0.29) is 27.6 Å². The molecule has 0 aliphatic heterocycles. The molecule has 8 atom stereocenters. The Morgan fingerprint density at radius 3 is 2.51 bits per heavy atom. The summed E-state index contributed by atoms with van der Waals surface area (Å²) in [7, 11) is 1.49. The highest BCUT2D eigenvalue weighted by molar-refractivity contribution is 5.85. The van der Waals surface area contributed by atoms with E-state index in [1.807, 2.05) is 6.08 Å². The predicted molar refractivity (Wildman–Crippen MR) is 140 cm³/mol. The number of methoxy groups -OCH3 is 1. The van der Waals surface area contributed by atoms with E-state index in [0.717, 1.165) is 19.3 Å². The number of ether oxygens (including phenoxy) is 1. The molecule has 1 spiro atoms. The molecular weight excluding hydrogens is 436 g/mol. The third-order valence-electron chi connectivity index (χ3n) is 11.7. The van der Waals surface area contributed by atoms with E-state index in [0.29, 0.717) is 35.7 Å². The first kappa shape index (κ1) is 26.2. The summed E-state index contributed by atoms with van der Waals surface area (Å²) < 4.78 is 5.02. The molecule has 3 saturated carbocycles. The number of aliphatic carboxylic acids is 1. The minimum atomic E-state index is -0.812. The van der Waals surface area contributed by atoms with Crippen LogP contribution in [0.25, 0.3) is 0 Å². The van der Waals surface area contributed by atoms with Crippen molar-refractivity contribution in [1.82, 2.24) is 0 Å². The molecule has 0 aromatic heterocycles. The maximum atomic E-state index is 12.1. The summed E-state index contributed by atoms with van der Waals surface area (Å²) in [6.45, 7) is 15.7. The molecule has 0 bridgehead atoms. The van der Waals surface area contributed by atoms with Crippen LogP contribution in [0.1, 0.15) is 92.4 Å². The summed E-state index contributed by atoms with van der Waals surface area (Å²) in [6, 6.07) is 0. The van der Waals surface area contributed by atoms with Gasteiger partial charge in [-0.15, -0.1) is 0 Å². The summed E-state index contributed by atoms with van der Waals surface area (Å²) in [6.07, 6.45) is 16.4. The molecule has 1 N–H and O–H groups in total. The molecule has 4 aliphatic carbocycles. The normalized spacial score (nSPS) is 42.5. The number of hydrogen-bond acceptors (Lipinski definition) is 3. The number of esters is 1. The van der Waals surface area contributed by atoms with Crippen molar-refractivity contribution in [2.24, 2.45) is 45.3 Å². The van der Waals surface area contributed by atoms with Crippen LogP contribution in [0.3, 0.4) is 0 Å². The predicted octanol–water partition coefficient (Wildman–Crippen LogP) is 7.36. The van der Waals surface area contributed by atoms with Gasteiger partial charge in [-0.25, -0.2) is 4.79 Å². The maximum absolute atomic E-state index is 12.1. The number of carbonyl (C=O) groups is 2. The first-order chi connectivity index (χ1) is 16.4. The lowest BCUT2D eigenvalue weighted by Crippen LogP contribution is -2.53. The Morgan fingerprint density at radius 2 is 1.89 bits per heavy atom. The molecule has 194 valence electrons. The highest BCUT2D eigenvalue weighted by Gasteiger charge is 2.79. The maximum Gasteiger partial charge on any atom is 0.330 e. The van der Waals surface area contributed by atoms with Crippen molar-refractivity contribution in [1.29, 1.82) is 0 Å². The number of carbonyl (C=O) groups excluding carboxylic acids is 1. The van der Waals surface area contributed by atoms with Gasteiger partial charge < -0.3 is 9.84 Å². The molecule has 0 heterocycles. The zero-order valence-electron chi connectivity index (χ0n) is 22.8. The van der Waals surface area contributed by atoms with E-state index in [2.05, 4.69) is 46.4 Å². The Hall–Kier alpha value is -1.84. The van der Waals surface area contributed by atoms with Crippen molar-refractivity contribution in [2.75, 3.05) is 7.11 Å². The van der Waals surface area contributed by atoms with Crippen molar-refractivity contribution in [3.8, 4) is 0 Å². The number of rotatable bonds is 9. The second-order valence-corrected chi connectivity index (χ2v) is 13.0. The number of allylic oxidation sites excluding steroid dienone is 4. The van der Waals surface area contributed by atoms with Gasteiger partial charge in [0.1, 0.15) is 0 Å². The van der Waals surface area contributed by atoms with Crippen molar-refractivity contribution in [2.45, 2.75) is 92.4 Å². The van der Waals surface area contributed by atoms with Gasteiger partial charge in [0, 0.05) is 17.9 Å². The Kier molecular flexibility index (Phi) is 6.69. The number of hydrogen-bond donors (Lipinski definition) is 1. The quantitative estimate of drug-likeness (QED) is 0.212. The minimum Gasteiger partial charge on any atom is -0.478 e. The fourth-order valence-electron chi connectivity index (χ4n) is 9.53. The molecule has 4 nitrogen and oxygen atoms in total. The SMILES string of the molecule is C=C(C)[C@@H]1C=C[C@@H]2[C@]3(CC[C@]4(C)[C@@H]([C@H](C)CC/C=C(/C)C(=O)O)CC[C@@]24C)C[C@]13CCC(=O)OC. The fourth-order valence-corrected chi connectivity index (χ4v) is 9.53. The van der Waals surface area contributed by atoms with Crippen molar-refractivity contribution in [3.05, 3.63) is 36.0 Å². The highest BCUT2D eigenvalue weighted by Crippen LogP contribution is 2.86. The third kappa shape index (κ3) is 3.76. The number of carboxylic acid groups (broad SMARTS) is 1. The van der Waals surface area contributed by atoms with E-state index in [9.17, 15) is 14.7 Å². The van der Waals surface area contributed by atoms with Gasteiger partial charge in [0.15, 0.2) is 0 Å². The summed E-state index contributed by atoms with van der Waals surface area (Å²) in [5, 5.41) is 9.18. The van der Waals surface area contributed by atoms with Gasteiger partial charge in [0.25, 0.3) is 0 Å². The zero-order valence-corrected chi connectivity index (χ0v) is 22.8. The molecule has 0 amide bonds. The Morgan fingerprint density at radius 1 is 1.17 bits per heavy atom. The molecule has 35 heavy (non-hydrogen) atoms. The zero-order chi connectivity index (χ0) is 25.8. The van der Waals surface area contributed by atoms with Crippen LogP contribution in [-0.4, -0.2) is 24.2 Å². The third-order valence-corrected chi connectivity index (χ3v) is 11.7. The Bertz CT molecular complexity index is 961. The summed E-state index contributed by atoms with van der Waals surface area (Å²) in [5.41, 5.74) is 2.65. The largest absolute Gasteiger partial charge is 0.478 e. The molecule has 0 saturated heterocycles. The monoisotopic (exact) mass is 482 g/mol. The first-order valence-electron chi connectivity index (χ1n) is 13.7. The molecule has 4 heteroatoms. The standard InChI is InChI=1S/C31H46O4/c1-20(2)23-11-12-25-29(6)15-13-24(21(3)9-8-10-22(4)27(33)34)28(29,5)17-18-31(25)19-30(23,31)16-14-26(32)35-7/h10-12,21,23-25H,1,8-9,13-19H2,2-7H3,(H,33,34)/b22-10-/t21-,23+,24-,25+,28-,29+,30-,31+/m1/s1. The molecule has 0 aromatic carbocycles. The van der Waals surface area contributed by atoms with Gasteiger partial charge in [0.05, 0.1) is 7.11 Å². The van der Waals surface area contributed by atoms with Gasteiger partial charge in [-0.3, -0.25) is 4.79 Å². The van der Waals surface area contributed by atoms with E-state index in [1.165, 1.54) is 44.8 Å². The number of carboxylic acids is 1. The van der Waals surface area contributed by atoms with Crippen molar-refractivity contribution in [3.63, 3.8) is 0 Å². The minimum absolute atomic E-state index is 0.0956. The molecule has 3 fully saturated rings. The molecule has 4 rings (SSSR count). The molecule has 0 radical (unpaired) electrons. The van der Waals surface area contributed by atoms with Gasteiger partial charge >= 0.3 is 11.9 Å². The second-order valence-electron chi connectivity index (χ2n) is 13.0. The van der Waals surface area contributed by atoms with Gasteiger partial charge in [-0.2, -0.15) is 0 Å². The van der Waals surface area contributed by atoms with E-state index < -0.39 is 5.97 Å². The van der Waals surface area contributed by atoms with Crippen LogP contribution in [0, 0.1) is 45.3 Å². The lowest BCUT2D eigenvalue weighted by molar-refractivity contribution is -0.141. The van der Waals surface area contributed by atoms with Crippen LogP contribution in [0.4, 0.5) is 0 Å². The summed E-state index contributed by atoms with van der Waals surface area (Å²) in [5.74, 6) is 1.24. The smallest absolute Gasteiger partial charge is 0.330 e. The van der Waals surface area contributed by atoms with E-state index in [1.54, 1.807) is 6.92 Å². The molecule has 4 aliphatic rings. The second kappa shape index (κ2) is 8.92. The summed E-state index contributed by atoms with van der Waals surface area (Å²) in [4.78, 5) is 23.3. The average molecular weight is 483 g/mol. The first-order valence-corrected chi connectivity index (χ1v) is 13.7. The van der Waals surface area contributed by atoms with Gasteiger partial charge in [0.2, 0.25) is 0 Å². The van der Waals surface area contributed by atoms with E-state index in [4.69, 9.17) is 4.74 Å². The molecule has 0 aromatic rings. The van der Waals surface area contributed by atoms with Gasteiger partial charge in [-0.1, -0.05) is 51.2 Å². The lowest BCUT2D eigenvalue weighted by Gasteiger charge is -2.59. The van der Waals surface area contributed by atoms with Crippen LogP contribution in [0.2, 0.25) is 0 Å². The highest BCUT2D eigenvalue weighted by atomic mass is 16.5.